The van der Waals surface area contributed by atoms with Crippen LogP contribution in [0.15, 0.2) is 42.5 Å². The molecular formula is C19H21FN2O3. The maximum absolute atomic E-state index is 13.7. The molecule has 0 spiro atoms. The molecule has 1 unspecified atom stereocenters. The Morgan fingerprint density at radius 1 is 1.36 bits per heavy atom. The minimum absolute atomic E-state index is 0.137. The number of fused-ring (bicyclic) bond motifs is 1. The Morgan fingerprint density at radius 3 is 2.88 bits per heavy atom. The van der Waals surface area contributed by atoms with Crippen LogP contribution in [0.3, 0.4) is 0 Å². The van der Waals surface area contributed by atoms with E-state index in [2.05, 4.69) is 5.32 Å². The second-order valence-electron chi connectivity index (χ2n) is 5.97. The van der Waals surface area contributed by atoms with Crippen LogP contribution in [-0.2, 0) is 13.0 Å². The zero-order valence-electron chi connectivity index (χ0n) is 14.0. The highest BCUT2D eigenvalue weighted by Crippen LogP contribution is 2.29. The highest BCUT2D eigenvalue weighted by molar-refractivity contribution is 5.75. The predicted molar refractivity (Wildman–Crippen MR) is 91.9 cm³/mol. The van der Waals surface area contributed by atoms with E-state index in [0.29, 0.717) is 12.1 Å². The van der Waals surface area contributed by atoms with Crippen LogP contribution < -0.4 is 10.1 Å². The second kappa shape index (κ2) is 7.53. The highest BCUT2D eigenvalue weighted by atomic mass is 19.1. The normalized spacial score (nSPS) is 16.3. The summed E-state index contributed by atoms with van der Waals surface area (Å²) in [5.74, 6) is -0.294. The number of benzene rings is 2. The van der Waals surface area contributed by atoms with Gasteiger partial charge in [0.05, 0.1) is 19.8 Å². The van der Waals surface area contributed by atoms with E-state index in [1.807, 2.05) is 24.3 Å². The molecule has 0 aliphatic carbocycles. The van der Waals surface area contributed by atoms with Crippen LogP contribution in [0.25, 0.3) is 0 Å². The molecule has 1 heterocycles. The van der Waals surface area contributed by atoms with E-state index in [1.54, 1.807) is 11.0 Å². The molecule has 25 heavy (non-hydrogen) atoms. The maximum Gasteiger partial charge on any atom is 0.318 e. The van der Waals surface area contributed by atoms with Crippen molar-refractivity contribution in [3.8, 4) is 5.75 Å². The molecule has 1 atom stereocenters. The molecular weight excluding hydrogens is 323 g/mol. The first kappa shape index (κ1) is 17.2. The third kappa shape index (κ3) is 3.58. The van der Waals surface area contributed by atoms with E-state index in [1.165, 1.54) is 19.2 Å². The largest absolute Gasteiger partial charge is 0.494 e. The second-order valence-corrected chi connectivity index (χ2v) is 5.97. The number of hydrogen-bond donors (Lipinski definition) is 2. The third-order valence-corrected chi connectivity index (χ3v) is 4.51. The van der Waals surface area contributed by atoms with E-state index in [9.17, 15) is 14.3 Å². The molecule has 0 fully saturated rings. The van der Waals surface area contributed by atoms with Crippen molar-refractivity contribution < 1.29 is 19.0 Å². The topological polar surface area (TPSA) is 61.8 Å². The lowest BCUT2D eigenvalue weighted by Gasteiger charge is -2.36. The number of rotatable bonds is 4. The first-order valence-electron chi connectivity index (χ1n) is 8.19. The van der Waals surface area contributed by atoms with Gasteiger partial charge in [-0.25, -0.2) is 9.18 Å². The Bertz CT molecular complexity index is 766. The van der Waals surface area contributed by atoms with Crippen LogP contribution >= 0.6 is 0 Å². The molecule has 6 heteroatoms. The first-order valence-corrected chi connectivity index (χ1v) is 8.19. The summed E-state index contributed by atoms with van der Waals surface area (Å²) >= 11 is 0. The molecule has 2 N–H and O–H groups in total. The Balaban J connectivity index is 1.68. The van der Waals surface area contributed by atoms with E-state index in [0.717, 1.165) is 17.5 Å². The van der Waals surface area contributed by atoms with Gasteiger partial charge in [0.1, 0.15) is 0 Å². The molecule has 1 aliphatic rings. The number of hydrogen-bond acceptors (Lipinski definition) is 3. The molecule has 0 bridgehead atoms. The molecule has 132 valence electrons. The number of urea groups is 1. The van der Waals surface area contributed by atoms with Gasteiger partial charge in [-0.15, -0.1) is 0 Å². The molecule has 0 saturated carbocycles. The van der Waals surface area contributed by atoms with E-state index in [4.69, 9.17) is 4.74 Å². The molecule has 3 rings (SSSR count). The SMILES string of the molecule is COc1ccc(CNC(=O)N2CCc3ccccc3C2CO)cc1F. The number of nitrogens with one attached hydrogen (secondary N) is 1. The summed E-state index contributed by atoms with van der Waals surface area (Å²) in [6.45, 7) is 0.600. The van der Waals surface area contributed by atoms with Gasteiger partial charge < -0.3 is 20.1 Å². The Labute approximate surface area is 146 Å². The van der Waals surface area contributed by atoms with Gasteiger partial charge in [0.15, 0.2) is 11.6 Å². The number of halogens is 1. The lowest BCUT2D eigenvalue weighted by molar-refractivity contribution is 0.126. The third-order valence-electron chi connectivity index (χ3n) is 4.51. The van der Waals surface area contributed by atoms with Gasteiger partial charge in [-0.05, 0) is 35.2 Å². The number of carbonyl (C=O) groups excluding carboxylic acids is 1. The summed E-state index contributed by atoms with van der Waals surface area (Å²) in [5.41, 5.74) is 2.77. The summed E-state index contributed by atoms with van der Waals surface area (Å²) in [6, 6.07) is 11.8. The standard InChI is InChI=1S/C19H21FN2O3/c1-25-18-7-6-13(10-16(18)20)11-21-19(24)22-9-8-14-4-2-3-5-15(14)17(22)12-23/h2-7,10,17,23H,8-9,11-12H2,1H3,(H,21,24). The maximum atomic E-state index is 13.7. The zero-order valence-corrected chi connectivity index (χ0v) is 14.0. The lowest BCUT2D eigenvalue weighted by Crippen LogP contribution is -2.46. The van der Waals surface area contributed by atoms with Crippen molar-refractivity contribution >= 4 is 6.03 Å². The molecule has 2 amide bonds. The van der Waals surface area contributed by atoms with Crippen molar-refractivity contribution in [1.29, 1.82) is 0 Å². The summed E-state index contributed by atoms with van der Waals surface area (Å²) in [7, 11) is 1.41. The number of amides is 2. The summed E-state index contributed by atoms with van der Waals surface area (Å²) < 4.78 is 18.6. The zero-order chi connectivity index (χ0) is 17.8. The average molecular weight is 344 g/mol. The van der Waals surface area contributed by atoms with Crippen LogP contribution in [0.5, 0.6) is 5.75 Å². The fourth-order valence-corrected chi connectivity index (χ4v) is 3.19. The van der Waals surface area contributed by atoms with Crippen molar-refractivity contribution in [3.63, 3.8) is 0 Å². The predicted octanol–water partition coefficient (Wildman–Crippen LogP) is 2.64. The van der Waals surface area contributed by atoms with Gasteiger partial charge in [-0.3, -0.25) is 0 Å². The van der Waals surface area contributed by atoms with Gasteiger partial charge in [-0.2, -0.15) is 0 Å². The molecule has 2 aromatic carbocycles. The van der Waals surface area contributed by atoms with Gasteiger partial charge in [-0.1, -0.05) is 30.3 Å². The number of methoxy groups -OCH3 is 1. The first-order chi connectivity index (χ1) is 12.1. The molecule has 0 aromatic heterocycles. The fraction of sp³-hybridized carbons (Fsp3) is 0.316. The number of ether oxygens (including phenoxy) is 1. The smallest absolute Gasteiger partial charge is 0.318 e. The van der Waals surface area contributed by atoms with Gasteiger partial charge in [0, 0.05) is 13.1 Å². The van der Waals surface area contributed by atoms with Crippen molar-refractivity contribution in [2.24, 2.45) is 0 Å². The highest BCUT2D eigenvalue weighted by Gasteiger charge is 2.29. The number of carbonyl (C=O) groups is 1. The minimum Gasteiger partial charge on any atom is -0.494 e. The minimum atomic E-state index is -0.464. The molecule has 5 nitrogen and oxygen atoms in total. The van der Waals surface area contributed by atoms with E-state index in [-0.39, 0.29) is 31.0 Å². The Morgan fingerprint density at radius 2 is 2.16 bits per heavy atom. The van der Waals surface area contributed by atoms with E-state index >= 15 is 0 Å². The molecule has 0 saturated heterocycles. The lowest BCUT2D eigenvalue weighted by atomic mass is 9.93. The molecule has 1 aliphatic heterocycles. The van der Waals surface area contributed by atoms with Gasteiger partial charge in [0.25, 0.3) is 0 Å². The van der Waals surface area contributed by atoms with Gasteiger partial charge >= 0.3 is 6.03 Å². The van der Waals surface area contributed by atoms with Crippen molar-refractivity contribution in [2.45, 2.75) is 19.0 Å². The van der Waals surface area contributed by atoms with Crippen LogP contribution in [0, 0.1) is 5.82 Å². The Kier molecular flexibility index (Phi) is 5.19. The number of aliphatic hydroxyl groups excluding tert-OH is 1. The number of aliphatic hydroxyl groups is 1. The Hall–Kier alpha value is -2.60. The van der Waals surface area contributed by atoms with E-state index < -0.39 is 5.82 Å². The van der Waals surface area contributed by atoms with Crippen LogP contribution in [-0.4, -0.2) is 36.3 Å². The van der Waals surface area contributed by atoms with Crippen molar-refractivity contribution in [1.82, 2.24) is 10.2 Å². The molecule has 0 radical (unpaired) electrons. The van der Waals surface area contributed by atoms with Gasteiger partial charge in [0.2, 0.25) is 0 Å². The van der Waals surface area contributed by atoms with Crippen molar-refractivity contribution in [3.05, 3.63) is 65.0 Å². The average Bonchev–Trinajstić information content (AvgIpc) is 2.65. The summed E-state index contributed by atoms with van der Waals surface area (Å²) in [6.07, 6.45) is 0.747. The van der Waals surface area contributed by atoms with Crippen LogP contribution in [0.2, 0.25) is 0 Å². The summed E-state index contributed by atoms with van der Waals surface area (Å²) in [5, 5.41) is 12.5. The fourth-order valence-electron chi connectivity index (χ4n) is 3.19. The molecule has 2 aromatic rings. The quantitative estimate of drug-likeness (QED) is 0.896. The monoisotopic (exact) mass is 344 g/mol. The summed E-state index contributed by atoms with van der Waals surface area (Å²) in [4.78, 5) is 14.2. The van der Waals surface area contributed by atoms with Crippen LogP contribution in [0.4, 0.5) is 9.18 Å². The van der Waals surface area contributed by atoms with Crippen LogP contribution in [0.1, 0.15) is 22.7 Å². The number of nitrogens with zero attached hydrogens (tertiary/aromatic N) is 1. The van der Waals surface area contributed by atoms with Crippen molar-refractivity contribution in [2.75, 3.05) is 20.3 Å².